The molecule has 1 N–H and O–H groups in total. The van der Waals surface area contributed by atoms with Crippen molar-refractivity contribution < 1.29 is 26.4 Å². The highest BCUT2D eigenvalue weighted by atomic mass is 32.2. The minimum atomic E-state index is -4.54. The molecule has 3 rings (SSSR count). The number of fused-ring (bicyclic) bond motifs is 1. The van der Waals surface area contributed by atoms with Crippen molar-refractivity contribution in [1.82, 2.24) is 4.90 Å². The van der Waals surface area contributed by atoms with E-state index in [1.165, 1.54) is 6.08 Å². The molecule has 0 aliphatic carbocycles. The summed E-state index contributed by atoms with van der Waals surface area (Å²) >= 11 is 0. The lowest BCUT2D eigenvalue weighted by Gasteiger charge is -2.11. The second-order valence-electron chi connectivity index (χ2n) is 6.01. The van der Waals surface area contributed by atoms with Gasteiger partial charge in [-0.15, -0.1) is 0 Å². The van der Waals surface area contributed by atoms with Crippen LogP contribution in [0.3, 0.4) is 0 Å². The number of carbonyl (C=O) groups excluding carboxylic acids is 1. The molecular weight excluding hydrogens is 381 g/mol. The maximum absolute atomic E-state index is 12.6. The average molecular weight is 396 g/mol. The van der Waals surface area contributed by atoms with E-state index in [1.807, 2.05) is 0 Å². The molecule has 1 aliphatic heterocycles. The van der Waals surface area contributed by atoms with Crippen LogP contribution in [-0.4, -0.2) is 19.2 Å². The number of hydrogen-bond donors (Lipinski definition) is 1. The topological polar surface area (TPSA) is 66.5 Å². The number of benzene rings is 2. The van der Waals surface area contributed by atoms with Gasteiger partial charge in [0.2, 0.25) is 5.91 Å². The molecule has 0 saturated carbocycles. The summed E-state index contributed by atoms with van der Waals surface area (Å²) in [5, 5.41) is 0. The van der Waals surface area contributed by atoms with Gasteiger partial charge in [0.25, 0.3) is 10.0 Å². The van der Waals surface area contributed by atoms with E-state index in [4.69, 9.17) is 0 Å². The van der Waals surface area contributed by atoms with Gasteiger partial charge in [-0.3, -0.25) is 9.52 Å². The molecule has 2 aromatic carbocycles. The van der Waals surface area contributed by atoms with Crippen molar-refractivity contribution in [3.05, 3.63) is 71.8 Å². The third-order valence-electron chi connectivity index (χ3n) is 4.16. The molecular formula is C18H15F3N2O3S. The van der Waals surface area contributed by atoms with E-state index < -0.39 is 21.8 Å². The Kier molecular flexibility index (Phi) is 4.73. The van der Waals surface area contributed by atoms with Crippen LogP contribution in [0.2, 0.25) is 0 Å². The summed E-state index contributed by atoms with van der Waals surface area (Å²) in [5.74, 6) is -0.224. The van der Waals surface area contributed by atoms with Crippen molar-refractivity contribution in [3.8, 4) is 0 Å². The molecule has 5 nitrogen and oxygen atoms in total. The highest BCUT2D eigenvalue weighted by Gasteiger charge is 2.30. The van der Waals surface area contributed by atoms with Crippen molar-refractivity contribution >= 4 is 21.6 Å². The Hall–Kier alpha value is -2.81. The lowest BCUT2D eigenvalue weighted by Crippen LogP contribution is -2.22. The van der Waals surface area contributed by atoms with E-state index in [2.05, 4.69) is 11.3 Å². The van der Waals surface area contributed by atoms with E-state index in [0.29, 0.717) is 13.1 Å². The lowest BCUT2D eigenvalue weighted by atomic mass is 10.1. The van der Waals surface area contributed by atoms with E-state index in [1.54, 1.807) is 23.1 Å². The van der Waals surface area contributed by atoms with Gasteiger partial charge in [0.1, 0.15) is 0 Å². The highest BCUT2D eigenvalue weighted by Crippen LogP contribution is 2.30. The van der Waals surface area contributed by atoms with E-state index in [0.717, 1.165) is 35.4 Å². The summed E-state index contributed by atoms with van der Waals surface area (Å²) < 4.78 is 65.0. The third kappa shape index (κ3) is 3.97. The first kappa shape index (κ1) is 19.0. The number of nitrogens with zero attached hydrogens (tertiary/aromatic N) is 1. The predicted octanol–water partition coefficient (Wildman–Crippen LogP) is 3.53. The van der Waals surface area contributed by atoms with Crippen LogP contribution in [0.15, 0.2) is 60.0 Å². The fourth-order valence-corrected chi connectivity index (χ4v) is 3.83. The zero-order chi connectivity index (χ0) is 19.8. The van der Waals surface area contributed by atoms with Crippen molar-refractivity contribution in [2.24, 2.45) is 0 Å². The summed E-state index contributed by atoms with van der Waals surface area (Å²) in [6.07, 6.45) is -3.33. The lowest BCUT2D eigenvalue weighted by molar-refractivity contribution is -0.137. The van der Waals surface area contributed by atoms with Crippen molar-refractivity contribution in [2.45, 2.75) is 24.2 Å². The summed E-state index contributed by atoms with van der Waals surface area (Å²) in [6.45, 7) is 4.17. The maximum atomic E-state index is 12.6. The summed E-state index contributed by atoms with van der Waals surface area (Å²) in [7, 11) is -4.04. The summed E-state index contributed by atoms with van der Waals surface area (Å²) in [5.41, 5.74) is 1.02. The highest BCUT2D eigenvalue weighted by molar-refractivity contribution is 7.92. The molecule has 0 saturated heterocycles. The SMILES string of the molecule is C=CC(=O)N1Cc2ccc(NS(=O)(=O)c3ccc(C(F)(F)F)cc3)cc2C1. The Morgan fingerprint density at radius 2 is 1.70 bits per heavy atom. The van der Waals surface area contributed by atoms with Crippen LogP contribution in [0.4, 0.5) is 18.9 Å². The molecule has 142 valence electrons. The molecule has 2 aromatic rings. The van der Waals surface area contributed by atoms with Crippen LogP contribution >= 0.6 is 0 Å². The molecule has 9 heteroatoms. The van der Waals surface area contributed by atoms with Crippen LogP contribution in [0.1, 0.15) is 16.7 Å². The molecule has 1 aliphatic rings. The number of alkyl halides is 3. The first-order valence-electron chi connectivity index (χ1n) is 7.83. The number of halogens is 3. The van der Waals surface area contributed by atoms with Gasteiger partial charge >= 0.3 is 6.18 Å². The van der Waals surface area contributed by atoms with Gasteiger partial charge in [0.05, 0.1) is 10.5 Å². The van der Waals surface area contributed by atoms with Gasteiger partial charge in [0, 0.05) is 18.8 Å². The number of amides is 1. The molecule has 0 spiro atoms. The van der Waals surface area contributed by atoms with Gasteiger partial charge in [-0.25, -0.2) is 8.42 Å². The number of anilines is 1. The smallest absolute Gasteiger partial charge is 0.331 e. The minimum absolute atomic E-state index is 0.224. The monoisotopic (exact) mass is 396 g/mol. The van der Waals surface area contributed by atoms with Crippen molar-refractivity contribution in [2.75, 3.05) is 4.72 Å². The first-order valence-corrected chi connectivity index (χ1v) is 9.32. The third-order valence-corrected chi connectivity index (χ3v) is 5.56. The molecule has 0 bridgehead atoms. The van der Waals surface area contributed by atoms with E-state index in [9.17, 15) is 26.4 Å². The Bertz CT molecular complexity index is 1000. The first-order chi connectivity index (χ1) is 12.6. The molecule has 27 heavy (non-hydrogen) atoms. The number of hydrogen-bond acceptors (Lipinski definition) is 3. The Morgan fingerprint density at radius 3 is 2.30 bits per heavy atom. The van der Waals surface area contributed by atoms with Crippen LogP contribution in [0.25, 0.3) is 0 Å². The maximum Gasteiger partial charge on any atom is 0.416 e. The molecule has 1 heterocycles. The fourth-order valence-electron chi connectivity index (χ4n) is 2.78. The van der Waals surface area contributed by atoms with Gasteiger partial charge < -0.3 is 4.90 Å². The molecule has 0 aromatic heterocycles. The van der Waals surface area contributed by atoms with E-state index in [-0.39, 0.29) is 16.5 Å². The van der Waals surface area contributed by atoms with Crippen LogP contribution < -0.4 is 4.72 Å². The van der Waals surface area contributed by atoms with Crippen molar-refractivity contribution in [1.29, 1.82) is 0 Å². The second kappa shape index (κ2) is 6.73. The quantitative estimate of drug-likeness (QED) is 0.804. The van der Waals surface area contributed by atoms with Gasteiger partial charge in [-0.05, 0) is 53.6 Å². The van der Waals surface area contributed by atoms with Crippen LogP contribution in [0.5, 0.6) is 0 Å². The zero-order valence-electron chi connectivity index (χ0n) is 14.0. The standard InChI is InChI=1S/C18H15F3N2O3S/c1-2-17(24)23-10-12-3-6-15(9-13(12)11-23)22-27(25,26)16-7-4-14(5-8-16)18(19,20)21/h2-9,22H,1,10-11H2. The Labute approximate surface area is 154 Å². The van der Waals surface area contributed by atoms with Gasteiger partial charge in [-0.2, -0.15) is 13.2 Å². The second-order valence-corrected chi connectivity index (χ2v) is 7.69. The Morgan fingerprint density at radius 1 is 1.07 bits per heavy atom. The zero-order valence-corrected chi connectivity index (χ0v) is 14.8. The largest absolute Gasteiger partial charge is 0.416 e. The van der Waals surface area contributed by atoms with Crippen LogP contribution in [-0.2, 0) is 34.1 Å². The van der Waals surface area contributed by atoms with Gasteiger partial charge in [0.15, 0.2) is 0 Å². The molecule has 0 radical (unpaired) electrons. The van der Waals surface area contributed by atoms with E-state index >= 15 is 0 Å². The number of nitrogens with one attached hydrogen (secondary N) is 1. The summed E-state index contributed by atoms with van der Waals surface area (Å²) in [6, 6.07) is 8.10. The number of carbonyl (C=O) groups is 1. The molecule has 0 atom stereocenters. The average Bonchev–Trinajstić information content (AvgIpc) is 3.03. The fraction of sp³-hybridized carbons (Fsp3) is 0.167. The minimum Gasteiger partial charge on any atom is -0.331 e. The van der Waals surface area contributed by atoms with Crippen molar-refractivity contribution in [3.63, 3.8) is 0 Å². The normalized spacial score (nSPS) is 14.0. The predicted molar refractivity (Wildman–Crippen MR) is 93.1 cm³/mol. The molecule has 0 unspecified atom stereocenters. The van der Waals surface area contributed by atoms with Gasteiger partial charge in [-0.1, -0.05) is 12.6 Å². The summed E-state index contributed by atoms with van der Waals surface area (Å²) in [4.78, 5) is 13.0. The van der Waals surface area contributed by atoms with Crippen LogP contribution in [0, 0.1) is 0 Å². The number of sulfonamides is 1. The Balaban J connectivity index is 1.80. The number of rotatable bonds is 4. The molecule has 1 amide bonds. The molecule has 0 fully saturated rings.